The van der Waals surface area contributed by atoms with Crippen molar-refractivity contribution in [2.75, 3.05) is 13.2 Å². The summed E-state index contributed by atoms with van der Waals surface area (Å²) in [6.07, 6.45) is -2.29. The van der Waals surface area contributed by atoms with Gasteiger partial charge < -0.3 is 20.1 Å². The summed E-state index contributed by atoms with van der Waals surface area (Å²) in [5.41, 5.74) is -0.738. The van der Waals surface area contributed by atoms with Crippen LogP contribution in [-0.4, -0.2) is 69.2 Å². The van der Waals surface area contributed by atoms with E-state index in [9.17, 15) is 20.1 Å². The Morgan fingerprint density at radius 1 is 1.53 bits per heavy atom. The molecule has 0 radical (unpaired) electrons. The van der Waals surface area contributed by atoms with E-state index in [2.05, 4.69) is 0 Å². The molecule has 4 atom stereocenters. The summed E-state index contributed by atoms with van der Waals surface area (Å²) >= 11 is 0. The van der Waals surface area contributed by atoms with E-state index < -0.39 is 42.5 Å². The molecule has 1 heterocycles. The highest BCUT2D eigenvalue weighted by molar-refractivity contribution is 5.79. The molecule has 0 unspecified atom stereocenters. The van der Waals surface area contributed by atoms with Crippen LogP contribution in [0.15, 0.2) is 0 Å². The molecular weight excluding hydrogens is 252 g/mol. The number of aliphatic hydroxyl groups excluding tert-OH is 3. The molecule has 0 aromatic carbocycles. The van der Waals surface area contributed by atoms with Gasteiger partial charge in [0.05, 0.1) is 30.9 Å². The number of nitrogens with zero attached hydrogens (tertiary/aromatic N) is 2. The number of carbonyl (C=O) groups excluding carboxylic acids is 1. The molecular formula is C12H20N2O5. The summed E-state index contributed by atoms with van der Waals surface area (Å²) in [4.78, 5) is 13.2. The predicted molar refractivity (Wildman–Crippen MR) is 64.8 cm³/mol. The molecule has 0 spiro atoms. The lowest BCUT2D eigenvalue weighted by molar-refractivity contribution is -0.159. The largest absolute Gasteiger partial charge is 0.458 e. The number of β-amino-alcohol motifs (C(OH)–C–C–N with tert-alkyl or cyclic N) is 1. The Labute approximate surface area is 112 Å². The number of likely N-dealkylation sites (tertiary alicyclic amines) is 1. The lowest BCUT2D eigenvalue weighted by Gasteiger charge is -2.29. The minimum absolute atomic E-state index is 0.0656. The molecule has 0 amide bonds. The first-order chi connectivity index (χ1) is 8.71. The van der Waals surface area contributed by atoms with E-state index >= 15 is 0 Å². The van der Waals surface area contributed by atoms with E-state index in [1.807, 2.05) is 0 Å². The zero-order chi connectivity index (χ0) is 14.8. The monoisotopic (exact) mass is 272 g/mol. The zero-order valence-electron chi connectivity index (χ0n) is 11.3. The molecule has 3 N–H and O–H groups in total. The first-order valence-electron chi connectivity index (χ1n) is 6.06. The average Bonchev–Trinajstić information content (AvgIpc) is 2.53. The van der Waals surface area contributed by atoms with Crippen molar-refractivity contribution in [1.29, 1.82) is 5.26 Å². The van der Waals surface area contributed by atoms with Gasteiger partial charge in [-0.05, 0) is 20.8 Å². The van der Waals surface area contributed by atoms with Gasteiger partial charge in [-0.3, -0.25) is 4.90 Å². The summed E-state index contributed by atoms with van der Waals surface area (Å²) in [6, 6.07) is -0.326. The van der Waals surface area contributed by atoms with Crippen molar-refractivity contribution in [3.05, 3.63) is 0 Å². The van der Waals surface area contributed by atoms with E-state index in [1.165, 1.54) is 4.90 Å². The van der Waals surface area contributed by atoms with E-state index in [-0.39, 0.29) is 6.54 Å². The van der Waals surface area contributed by atoms with Crippen LogP contribution in [0, 0.1) is 11.3 Å². The molecule has 108 valence electrons. The second kappa shape index (κ2) is 5.84. The smallest absolute Gasteiger partial charge is 0.338 e. The summed E-state index contributed by atoms with van der Waals surface area (Å²) in [7, 11) is 0. The van der Waals surface area contributed by atoms with Gasteiger partial charge >= 0.3 is 5.97 Å². The van der Waals surface area contributed by atoms with Gasteiger partial charge in [-0.25, -0.2) is 4.79 Å². The van der Waals surface area contributed by atoms with Gasteiger partial charge in [0, 0.05) is 6.54 Å². The number of hydrogen-bond donors (Lipinski definition) is 3. The number of esters is 1. The Hall–Kier alpha value is -1.20. The van der Waals surface area contributed by atoms with E-state index in [0.717, 1.165) is 0 Å². The first kappa shape index (κ1) is 15.9. The molecule has 0 aromatic rings. The maximum absolute atomic E-state index is 11.9. The normalized spacial score (nSPS) is 29.8. The van der Waals surface area contributed by atoms with E-state index in [4.69, 9.17) is 10.00 Å². The lowest BCUT2D eigenvalue weighted by atomic mass is 10.1. The number of carbonyl (C=O) groups is 1. The third kappa shape index (κ3) is 3.64. The second-order valence-corrected chi connectivity index (χ2v) is 5.57. The molecule has 1 aliphatic heterocycles. The summed E-state index contributed by atoms with van der Waals surface area (Å²) in [6.45, 7) is 4.51. The maximum Gasteiger partial charge on any atom is 0.338 e. The Balaban J connectivity index is 2.86. The fraction of sp³-hybridized carbons (Fsp3) is 0.833. The van der Waals surface area contributed by atoms with Crippen LogP contribution in [0.3, 0.4) is 0 Å². The van der Waals surface area contributed by atoms with Crippen LogP contribution in [-0.2, 0) is 9.53 Å². The molecule has 0 aromatic heterocycles. The SMILES string of the molecule is CC(C)(C)OC(=O)[C@H](C#N)N1C[C@H](O)[C@H](O)[C@H]1CO. The second-order valence-electron chi connectivity index (χ2n) is 5.57. The van der Waals surface area contributed by atoms with Crippen molar-refractivity contribution in [2.45, 2.75) is 50.7 Å². The third-order valence-electron chi connectivity index (χ3n) is 2.88. The number of hydrogen-bond acceptors (Lipinski definition) is 7. The molecule has 0 bridgehead atoms. The van der Waals surface area contributed by atoms with Gasteiger partial charge in [0.15, 0.2) is 6.04 Å². The molecule has 0 aliphatic carbocycles. The first-order valence-corrected chi connectivity index (χ1v) is 6.06. The molecule has 0 saturated carbocycles. The number of rotatable bonds is 3. The standard InChI is InChI=1S/C12H20N2O5/c1-12(2,3)19-11(18)7(4-13)14-5-9(16)10(17)8(14)6-15/h7-10,15-17H,5-6H2,1-3H3/t7-,8+,9-,10+/m0/s1. The summed E-state index contributed by atoms with van der Waals surface area (Å²) < 4.78 is 5.12. The van der Waals surface area contributed by atoms with Gasteiger partial charge in [-0.1, -0.05) is 0 Å². The summed E-state index contributed by atoms with van der Waals surface area (Å²) in [5.74, 6) is -0.755. The number of ether oxygens (including phenoxy) is 1. The zero-order valence-corrected chi connectivity index (χ0v) is 11.3. The minimum Gasteiger partial charge on any atom is -0.458 e. The Kier molecular flexibility index (Phi) is 4.87. The van der Waals surface area contributed by atoms with Crippen LogP contribution in [0.5, 0.6) is 0 Å². The Morgan fingerprint density at radius 2 is 2.11 bits per heavy atom. The Morgan fingerprint density at radius 3 is 2.53 bits per heavy atom. The minimum atomic E-state index is -1.26. The molecule has 1 fully saturated rings. The van der Waals surface area contributed by atoms with Gasteiger partial charge in [0.25, 0.3) is 0 Å². The van der Waals surface area contributed by atoms with Gasteiger partial charge in [-0.2, -0.15) is 5.26 Å². The van der Waals surface area contributed by atoms with Crippen molar-refractivity contribution in [2.24, 2.45) is 0 Å². The molecule has 7 nitrogen and oxygen atoms in total. The number of aliphatic hydroxyl groups is 3. The van der Waals surface area contributed by atoms with Crippen LogP contribution in [0.1, 0.15) is 20.8 Å². The number of nitriles is 1. The lowest BCUT2D eigenvalue weighted by Crippen LogP contribution is -2.49. The Bertz CT molecular complexity index is 373. The van der Waals surface area contributed by atoms with Crippen LogP contribution >= 0.6 is 0 Å². The van der Waals surface area contributed by atoms with Gasteiger partial charge in [-0.15, -0.1) is 0 Å². The van der Waals surface area contributed by atoms with Crippen molar-refractivity contribution >= 4 is 5.97 Å². The topological polar surface area (TPSA) is 114 Å². The van der Waals surface area contributed by atoms with E-state index in [0.29, 0.717) is 0 Å². The molecule has 1 rings (SSSR count). The van der Waals surface area contributed by atoms with Crippen molar-refractivity contribution in [3.8, 4) is 6.07 Å². The van der Waals surface area contributed by atoms with Crippen LogP contribution in [0.25, 0.3) is 0 Å². The molecule has 7 heteroatoms. The highest BCUT2D eigenvalue weighted by Crippen LogP contribution is 2.22. The quantitative estimate of drug-likeness (QED) is 0.542. The fourth-order valence-electron chi connectivity index (χ4n) is 2.04. The van der Waals surface area contributed by atoms with E-state index in [1.54, 1.807) is 26.8 Å². The predicted octanol–water partition coefficient (Wildman–Crippen LogP) is -1.38. The van der Waals surface area contributed by atoms with Gasteiger partial charge in [0.2, 0.25) is 0 Å². The molecule has 19 heavy (non-hydrogen) atoms. The van der Waals surface area contributed by atoms with Crippen LogP contribution < -0.4 is 0 Å². The third-order valence-corrected chi connectivity index (χ3v) is 2.88. The van der Waals surface area contributed by atoms with Crippen LogP contribution in [0.2, 0.25) is 0 Å². The van der Waals surface area contributed by atoms with Crippen molar-refractivity contribution < 1.29 is 24.9 Å². The average molecular weight is 272 g/mol. The molecule has 1 aliphatic rings. The van der Waals surface area contributed by atoms with Crippen molar-refractivity contribution in [1.82, 2.24) is 4.90 Å². The highest BCUT2D eigenvalue weighted by Gasteiger charge is 2.45. The maximum atomic E-state index is 11.9. The van der Waals surface area contributed by atoms with Crippen LogP contribution in [0.4, 0.5) is 0 Å². The van der Waals surface area contributed by atoms with Crippen molar-refractivity contribution in [3.63, 3.8) is 0 Å². The van der Waals surface area contributed by atoms with Gasteiger partial charge in [0.1, 0.15) is 5.60 Å². The summed E-state index contributed by atoms with van der Waals surface area (Å²) in [5, 5.41) is 37.5. The fourth-order valence-corrected chi connectivity index (χ4v) is 2.04. The highest BCUT2D eigenvalue weighted by atomic mass is 16.6. The molecule has 1 saturated heterocycles.